The third-order valence-electron chi connectivity index (χ3n) is 5.97. The summed E-state index contributed by atoms with van der Waals surface area (Å²) in [5.41, 5.74) is 0.968. The topological polar surface area (TPSA) is 87.1 Å². The molecule has 174 valence electrons. The third kappa shape index (κ3) is 7.73. The largest absolute Gasteiger partial charge is 0.417 e. The number of unbranched alkanes of at least 4 members (excludes halogenated alkanes) is 1. The highest BCUT2D eigenvalue weighted by Crippen LogP contribution is 2.36. The SMILES string of the molecule is Cc1ccc(S(=O)(=O)N(C[C@@H](O)CCCCO[Si](C)(C)C(C)(C)C)[C@H](C)CO)cc1. The summed E-state index contributed by atoms with van der Waals surface area (Å²) in [5.74, 6) is 0. The van der Waals surface area contributed by atoms with Crippen LogP contribution in [0.15, 0.2) is 29.2 Å². The molecule has 0 spiro atoms. The van der Waals surface area contributed by atoms with E-state index in [1.165, 1.54) is 4.31 Å². The van der Waals surface area contributed by atoms with Crippen molar-refractivity contribution < 1.29 is 23.1 Å². The zero-order chi connectivity index (χ0) is 23.2. The summed E-state index contributed by atoms with van der Waals surface area (Å²) < 4.78 is 33.5. The molecule has 30 heavy (non-hydrogen) atoms. The number of aryl methyl sites for hydroxylation is 1. The minimum absolute atomic E-state index is 0.0406. The van der Waals surface area contributed by atoms with Crippen LogP contribution in [-0.4, -0.2) is 63.2 Å². The van der Waals surface area contributed by atoms with E-state index in [1.54, 1.807) is 31.2 Å². The number of rotatable bonds is 12. The van der Waals surface area contributed by atoms with Gasteiger partial charge in [-0.25, -0.2) is 8.42 Å². The summed E-state index contributed by atoms with van der Waals surface area (Å²) in [5, 5.41) is 20.2. The van der Waals surface area contributed by atoms with Crippen LogP contribution in [0.5, 0.6) is 0 Å². The van der Waals surface area contributed by atoms with Gasteiger partial charge in [0.25, 0.3) is 0 Å². The van der Waals surface area contributed by atoms with Crippen LogP contribution in [0.4, 0.5) is 0 Å². The maximum Gasteiger partial charge on any atom is 0.243 e. The fourth-order valence-electron chi connectivity index (χ4n) is 2.78. The fourth-order valence-corrected chi connectivity index (χ4v) is 5.52. The van der Waals surface area contributed by atoms with Crippen LogP contribution in [0.2, 0.25) is 18.1 Å². The van der Waals surface area contributed by atoms with Crippen molar-refractivity contribution in [3.05, 3.63) is 29.8 Å². The predicted octanol–water partition coefficient (Wildman–Crippen LogP) is 3.92. The molecule has 1 rings (SSSR count). The van der Waals surface area contributed by atoms with Gasteiger partial charge in [-0.05, 0) is 63.4 Å². The highest BCUT2D eigenvalue weighted by molar-refractivity contribution is 7.89. The quantitative estimate of drug-likeness (QED) is 0.365. The minimum atomic E-state index is -3.80. The van der Waals surface area contributed by atoms with Crippen LogP contribution in [0, 0.1) is 6.92 Å². The standard InChI is InChI=1S/C22H41NO5SSi/c1-18-11-13-21(14-12-18)29(26,27)23(19(2)17-24)16-20(25)10-8-9-15-28-30(6,7)22(3,4)5/h11-14,19-20,24-25H,8-10,15-17H2,1-7H3/t19-,20+/m1/s1. The first-order valence-corrected chi connectivity index (χ1v) is 15.1. The lowest BCUT2D eigenvalue weighted by atomic mass is 10.1. The smallest absolute Gasteiger partial charge is 0.243 e. The molecule has 0 fully saturated rings. The molecule has 0 amide bonds. The van der Waals surface area contributed by atoms with E-state index >= 15 is 0 Å². The Morgan fingerprint density at radius 3 is 2.20 bits per heavy atom. The molecular formula is C22H41NO5SSi. The molecular weight excluding hydrogens is 418 g/mol. The zero-order valence-electron chi connectivity index (χ0n) is 19.7. The normalized spacial score (nSPS) is 15.4. The van der Waals surface area contributed by atoms with Crippen LogP contribution < -0.4 is 0 Å². The Hall–Kier alpha value is -0.773. The summed E-state index contributed by atoms with van der Waals surface area (Å²) in [6.45, 7) is 14.9. The Labute approximate surface area is 184 Å². The van der Waals surface area contributed by atoms with Crippen molar-refractivity contribution in [2.45, 2.75) is 89.1 Å². The van der Waals surface area contributed by atoms with Crippen LogP contribution in [0.3, 0.4) is 0 Å². The highest BCUT2D eigenvalue weighted by Gasteiger charge is 2.36. The van der Waals surface area contributed by atoms with Gasteiger partial charge in [0.1, 0.15) is 0 Å². The van der Waals surface area contributed by atoms with Gasteiger partial charge < -0.3 is 14.6 Å². The van der Waals surface area contributed by atoms with Gasteiger partial charge in [-0.3, -0.25) is 0 Å². The van der Waals surface area contributed by atoms with Gasteiger partial charge in [0, 0.05) is 19.2 Å². The molecule has 0 saturated carbocycles. The zero-order valence-corrected chi connectivity index (χ0v) is 21.5. The molecule has 1 aromatic rings. The molecule has 0 aliphatic rings. The number of benzene rings is 1. The molecule has 0 bridgehead atoms. The molecule has 0 aliphatic heterocycles. The van der Waals surface area contributed by atoms with E-state index in [0.717, 1.165) is 18.4 Å². The maximum atomic E-state index is 13.0. The lowest BCUT2D eigenvalue weighted by molar-refractivity contribution is 0.106. The van der Waals surface area contributed by atoms with E-state index in [0.29, 0.717) is 13.0 Å². The van der Waals surface area contributed by atoms with Crippen molar-refractivity contribution in [2.24, 2.45) is 0 Å². The number of aliphatic hydroxyl groups is 2. The number of sulfonamides is 1. The second kappa shape index (κ2) is 11.2. The molecule has 0 aromatic heterocycles. The van der Waals surface area contributed by atoms with Gasteiger partial charge in [0.2, 0.25) is 10.0 Å². The van der Waals surface area contributed by atoms with Crippen molar-refractivity contribution in [2.75, 3.05) is 19.8 Å². The van der Waals surface area contributed by atoms with Crippen LogP contribution >= 0.6 is 0 Å². The molecule has 0 radical (unpaired) electrons. The summed E-state index contributed by atoms with van der Waals surface area (Å²) in [6.07, 6.45) is 1.26. The number of hydrogen-bond donors (Lipinski definition) is 2. The molecule has 2 atom stereocenters. The van der Waals surface area contributed by atoms with Gasteiger partial charge in [-0.15, -0.1) is 0 Å². The van der Waals surface area contributed by atoms with Gasteiger partial charge in [-0.1, -0.05) is 38.5 Å². The number of hydrogen-bond acceptors (Lipinski definition) is 5. The molecule has 2 N–H and O–H groups in total. The molecule has 0 saturated heterocycles. The van der Waals surface area contributed by atoms with Gasteiger partial charge in [0.15, 0.2) is 8.32 Å². The Kier molecular flexibility index (Phi) is 10.2. The fraction of sp³-hybridized carbons (Fsp3) is 0.727. The Balaban J connectivity index is 2.66. The van der Waals surface area contributed by atoms with Crippen LogP contribution in [0.1, 0.15) is 52.5 Å². The second-order valence-electron chi connectivity index (χ2n) is 9.68. The van der Waals surface area contributed by atoms with E-state index in [1.807, 2.05) is 6.92 Å². The van der Waals surface area contributed by atoms with E-state index in [2.05, 4.69) is 33.9 Å². The molecule has 0 heterocycles. The van der Waals surface area contributed by atoms with Crippen molar-refractivity contribution >= 4 is 18.3 Å². The molecule has 0 aliphatic carbocycles. The highest BCUT2D eigenvalue weighted by atomic mass is 32.2. The minimum Gasteiger partial charge on any atom is -0.417 e. The molecule has 6 nitrogen and oxygen atoms in total. The average molecular weight is 460 g/mol. The van der Waals surface area contributed by atoms with Crippen molar-refractivity contribution in [1.29, 1.82) is 0 Å². The number of nitrogens with zero attached hydrogens (tertiary/aromatic N) is 1. The lowest BCUT2D eigenvalue weighted by Gasteiger charge is -2.36. The van der Waals surface area contributed by atoms with Crippen molar-refractivity contribution in [3.63, 3.8) is 0 Å². The monoisotopic (exact) mass is 459 g/mol. The predicted molar refractivity (Wildman–Crippen MR) is 125 cm³/mol. The summed E-state index contributed by atoms with van der Waals surface area (Å²) in [7, 11) is -5.57. The summed E-state index contributed by atoms with van der Waals surface area (Å²) >= 11 is 0. The third-order valence-corrected chi connectivity index (χ3v) is 12.5. The Morgan fingerprint density at radius 1 is 1.13 bits per heavy atom. The Morgan fingerprint density at radius 2 is 1.70 bits per heavy atom. The maximum absolute atomic E-state index is 13.0. The number of aliphatic hydroxyl groups excluding tert-OH is 2. The summed E-state index contributed by atoms with van der Waals surface area (Å²) in [6, 6.07) is 5.99. The Bertz CT molecular complexity index is 744. The van der Waals surface area contributed by atoms with Gasteiger partial charge in [-0.2, -0.15) is 4.31 Å². The van der Waals surface area contributed by atoms with Gasteiger partial charge >= 0.3 is 0 Å². The molecule has 1 aromatic carbocycles. The first kappa shape index (κ1) is 27.3. The second-order valence-corrected chi connectivity index (χ2v) is 16.4. The van der Waals surface area contributed by atoms with Crippen molar-refractivity contribution in [3.8, 4) is 0 Å². The van der Waals surface area contributed by atoms with E-state index in [4.69, 9.17) is 4.43 Å². The molecule has 0 unspecified atom stereocenters. The molecule has 8 heteroatoms. The van der Waals surface area contributed by atoms with Gasteiger partial charge in [0.05, 0.1) is 17.6 Å². The van der Waals surface area contributed by atoms with E-state index in [-0.39, 0.29) is 23.1 Å². The first-order chi connectivity index (χ1) is 13.7. The van der Waals surface area contributed by atoms with E-state index < -0.39 is 30.5 Å². The van der Waals surface area contributed by atoms with Crippen LogP contribution in [-0.2, 0) is 14.4 Å². The van der Waals surface area contributed by atoms with E-state index in [9.17, 15) is 18.6 Å². The lowest BCUT2D eigenvalue weighted by Crippen LogP contribution is -2.44. The average Bonchev–Trinajstić information content (AvgIpc) is 2.64. The van der Waals surface area contributed by atoms with Crippen LogP contribution in [0.25, 0.3) is 0 Å². The van der Waals surface area contributed by atoms with Crippen molar-refractivity contribution in [1.82, 2.24) is 4.31 Å². The first-order valence-electron chi connectivity index (χ1n) is 10.7. The summed E-state index contributed by atoms with van der Waals surface area (Å²) in [4.78, 5) is 0.170.